The molecule has 32 heavy (non-hydrogen) atoms. The highest BCUT2D eigenvalue weighted by Crippen LogP contribution is 2.37. The molecule has 2 aromatic rings. The third-order valence-electron chi connectivity index (χ3n) is 4.29. The molecule has 0 fully saturated rings. The zero-order valence-electron chi connectivity index (χ0n) is 18.2. The van der Waals surface area contributed by atoms with Gasteiger partial charge < -0.3 is 19.5 Å². The van der Waals surface area contributed by atoms with Crippen molar-refractivity contribution >= 4 is 33.9 Å². The topological polar surface area (TPSA) is 97.7 Å². The molecular formula is C24H25BrN2O5. The second kappa shape index (κ2) is 12.5. The number of hydrogen-bond acceptors (Lipinski definition) is 6. The summed E-state index contributed by atoms with van der Waals surface area (Å²) in [6.45, 7) is 5.71. The summed E-state index contributed by atoms with van der Waals surface area (Å²) in [6, 6.07) is 14.5. The Morgan fingerprint density at radius 1 is 1.16 bits per heavy atom. The summed E-state index contributed by atoms with van der Waals surface area (Å²) < 4.78 is 16.6. The second-order valence-corrected chi connectivity index (χ2v) is 7.49. The fourth-order valence-corrected chi connectivity index (χ4v) is 3.40. The molecule has 0 heterocycles. The Kier molecular flexibility index (Phi) is 9.76. The molecule has 7 nitrogen and oxygen atoms in total. The first-order valence-electron chi connectivity index (χ1n) is 10.1. The molecule has 2 aromatic carbocycles. The van der Waals surface area contributed by atoms with E-state index in [4.69, 9.17) is 14.2 Å². The Morgan fingerprint density at radius 3 is 2.50 bits per heavy atom. The number of rotatable bonds is 10. The Morgan fingerprint density at radius 2 is 1.88 bits per heavy atom. The van der Waals surface area contributed by atoms with Gasteiger partial charge in [0.15, 0.2) is 18.1 Å². The third-order valence-corrected chi connectivity index (χ3v) is 4.88. The lowest BCUT2D eigenvalue weighted by atomic mass is 10.1. The summed E-state index contributed by atoms with van der Waals surface area (Å²) in [4.78, 5) is 24.3. The van der Waals surface area contributed by atoms with Crippen LogP contribution in [0.2, 0.25) is 0 Å². The van der Waals surface area contributed by atoms with Crippen LogP contribution in [0.25, 0.3) is 6.08 Å². The van der Waals surface area contributed by atoms with Crippen molar-refractivity contribution in [2.24, 2.45) is 0 Å². The standard InChI is InChI=1S/C24H25BrN2O5/c1-4-30-21-13-17(12-20(25)23(21)32-15-22(28)31-5-2)11-19(14-26)24(29)27-16(3)18-9-7-6-8-10-18/h6-13,16H,4-5,15H2,1-3H3,(H,27,29)/b19-11+/t16-/m0/s1. The fourth-order valence-electron chi connectivity index (χ4n) is 2.82. The number of carbonyl (C=O) groups excluding carboxylic acids is 2. The summed E-state index contributed by atoms with van der Waals surface area (Å²) >= 11 is 3.41. The van der Waals surface area contributed by atoms with Gasteiger partial charge >= 0.3 is 5.97 Å². The van der Waals surface area contributed by atoms with Gasteiger partial charge in [-0.2, -0.15) is 5.26 Å². The molecule has 0 aliphatic carbocycles. The van der Waals surface area contributed by atoms with Crippen LogP contribution >= 0.6 is 15.9 Å². The Hall–Kier alpha value is -3.31. The molecule has 1 amide bonds. The maximum Gasteiger partial charge on any atom is 0.344 e. The summed E-state index contributed by atoms with van der Waals surface area (Å²) in [6.07, 6.45) is 1.47. The van der Waals surface area contributed by atoms with Crippen molar-refractivity contribution in [1.29, 1.82) is 5.26 Å². The minimum absolute atomic E-state index is 0.0534. The Labute approximate surface area is 196 Å². The highest BCUT2D eigenvalue weighted by Gasteiger charge is 2.17. The average Bonchev–Trinajstić information content (AvgIpc) is 2.77. The van der Waals surface area contributed by atoms with Gasteiger partial charge in [0.05, 0.1) is 23.7 Å². The molecule has 1 N–H and O–H groups in total. The van der Waals surface area contributed by atoms with Gasteiger partial charge in [-0.15, -0.1) is 0 Å². The minimum atomic E-state index is -0.498. The van der Waals surface area contributed by atoms with Crippen molar-refractivity contribution in [3.05, 3.63) is 63.6 Å². The molecule has 0 spiro atoms. The van der Waals surface area contributed by atoms with Crippen molar-refractivity contribution in [2.75, 3.05) is 19.8 Å². The van der Waals surface area contributed by atoms with E-state index in [9.17, 15) is 14.9 Å². The Bertz CT molecular complexity index is 1020. The number of esters is 1. The number of nitriles is 1. The van der Waals surface area contributed by atoms with E-state index < -0.39 is 11.9 Å². The van der Waals surface area contributed by atoms with Crippen molar-refractivity contribution in [3.63, 3.8) is 0 Å². The van der Waals surface area contributed by atoms with E-state index in [1.54, 1.807) is 19.1 Å². The molecule has 0 aromatic heterocycles. The van der Waals surface area contributed by atoms with Crippen molar-refractivity contribution in [3.8, 4) is 17.6 Å². The van der Waals surface area contributed by atoms with Gasteiger partial charge in [0.1, 0.15) is 11.6 Å². The van der Waals surface area contributed by atoms with Gasteiger partial charge in [0.25, 0.3) is 5.91 Å². The molecule has 0 saturated carbocycles. The number of halogens is 1. The molecule has 0 aliphatic rings. The van der Waals surface area contributed by atoms with E-state index in [1.807, 2.05) is 50.2 Å². The van der Waals surface area contributed by atoms with E-state index in [1.165, 1.54) is 6.08 Å². The predicted octanol–water partition coefficient (Wildman–Crippen LogP) is 4.57. The van der Waals surface area contributed by atoms with Crippen LogP contribution < -0.4 is 14.8 Å². The lowest BCUT2D eigenvalue weighted by Crippen LogP contribution is -2.27. The van der Waals surface area contributed by atoms with Crippen molar-refractivity contribution in [1.82, 2.24) is 5.32 Å². The largest absolute Gasteiger partial charge is 0.490 e. The van der Waals surface area contributed by atoms with E-state index in [0.29, 0.717) is 28.1 Å². The van der Waals surface area contributed by atoms with Gasteiger partial charge in [-0.3, -0.25) is 4.79 Å². The highest BCUT2D eigenvalue weighted by atomic mass is 79.9. The number of ether oxygens (including phenoxy) is 3. The van der Waals surface area contributed by atoms with Gasteiger partial charge in [-0.05, 0) is 66.0 Å². The zero-order valence-corrected chi connectivity index (χ0v) is 19.8. The maximum absolute atomic E-state index is 12.6. The molecule has 0 radical (unpaired) electrons. The second-order valence-electron chi connectivity index (χ2n) is 6.63. The monoisotopic (exact) mass is 500 g/mol. The SMILES string of the molecule is CCOC(=O)COc1c(Br)cc(/C=C(\C#N)C(=O)N[C@@H](C)c2ccccc2)cc1OCC. The van der Waals surface area contributed by atoms with Gasteiger partial charge in [0, 0.05) is 0 Å². The number of nitrogens with one attached hydrogen (secondary N) is 1. The van der Waals surface area contributed by atoms with Gasteiger partial charge in [-0.25, -0.2) is 4.79 Å². The van der Waals surface area contributed by atoms with E-state index >= 15 is 0 Å². The molecule has 2 rings (SSSR count). The first-order valence-corrected chi connectivity index (χ1v) is 10.9. The third kappa shape index (κ3) is 7.13. The summed E-state index contributed by atoms with van der Waals surface area (Å²) in [7, 11) is 0. The first kappa shape index (κ1) is 25.0. The molecular weight excluding hydrogens is 476 g/mol. The summed E-state index contributed by atoms with van der Waals surface area (Å²) in [5.74, 6) is -0.284. The molecule has 168 valence electrons. The number of benzene rings is 2. The molecule has 0 bridgehead atoms. The van der Waals surface area contributed by atoms with Crippen LogP contribution in [0.1, 0.15) is 37.9 Å². The van der Waals surface area contributed by atoms with Crippen LogP contribution in [0, 0.1) is 11.3 Å². The van der Waals surface area contributed by atoms with E-state index in [-0.39, 0.29) is 24.8 Å². The predicted molar refractivity (Wildman–Crippen MR) is 124 cm³/mol. The smallest absolute Gasteiger partial charge is 0.344 e. The quantitative estimate of drug-likeness (QED) is 0.291. The minimum Gasteiger partial charge on any atom is -0.490 e. The first-order chi connectivity index (χ1) is 15.4. The number of nitrogens with zero attached hydrogens (tertiary/aromatic N) is 1. The van der Waals surface area contributed by atoms with Crippen LogP contribution in [0.15, 0.2) is 52.5 Å². The molecule has 0 aliphatic heterocycles. The Balaban J connectivity index is 2.25. The molecule has 1 atom stereocenters. The number of carbonyl (C=O) groups is 2. The summed E-state index contributed by atoms with van der Waals surface area (Å²) in [5, 5.41) is 12.4. The maximum atomic E-state index is 12.6. The van der Waals surface area contributed by atoms with Crippen molar-refractivity contribution < 1.29 is 23.8 Å². The van der Waals surface area contributed by atoms with Crippen molar-refractivity contribution in [2.45, 2.75) is 26.8 Å². The van der Waals surface area contributed by atoms with Gasteiger partial charge in [-0.1, -0.05) is 30.3 Å². The average molecular weight is 501 g/mol. The van der Waals surface area contributed by atoms with E-state index in [2.05, 4.69) is 21.2 Å². The van der Waals surface area contributed by atoms with Crippen LogP contribution in [-0.4, -0.2) is 31.7 Å². The highest BCUT2D eigenvalue weighted by molar-refractivity contribution is 9.10. The van der Waals surface area contributed by atoms with Crippen LogP contribution in [-0.2, 0) is 14.3 Å². The van der Waals surface area contributed by atoms with Crippen LogP contribution in [0.4, 0.5) is 0 Å². The normalized spacial score (nSPS) is 11.8. The van der Waals surface area contributed by atoms with E-state index in [0.717, 1.165) is 5.56 Å². The van der Waals surface area contributed by atoms with Crippen LogP contribution in [0.5, 0.6) is 11.5 Å². The zero-order chi connectivity index (χ0) is 23.5. The number of hydrogen-bond donors (Lipinski definition) is 1. The lowest BCUT2D eigenvalue weighted by Gasteiger charge is -2.15. The molecule has 0 unspecified atom stereocenters. The summed E-state index contributed by atoms with van der Waals surface area (Å²) in [5.41, 5.74) is 1.44. The van der Waals surface area contributed by atoms with Gasteiger partial charge in [0.2, 0.25) is 0 Å². The van der Waals surface area contributed by atoms with Crippen LogP contribution in [0.3, 0.4) is 0 Å². The fraction of sp³-hybridized carbons (Fsp3) is 0.292. The lowest BCUT2D eigenvalue weighted by molar-refractivity contribution is -0.145. The molecule has 0 saturated heterocycles. The molecule has 8 heteroatoms. The number of amides is 1.